The molecule has 0 bridgehead atoms. The summed E-state index contributed by atoms with van der Waals surface area (Å²) in [6.45, 7) is 0.0789. The molecule has 1 rings (SSSR count). The van der Waals surface area contributed by atoms with Gasteiger partial charge in [0, 0.05) is 0 Å². The van der Waals surface area contributed by atoms with Gasteiger partial charge in [-0.3, -0.25) is 4.84 Å². The van der Waals surface area contributed by atoms with Crippen molar-refractivity contribution in [3.05, 3.63) is 33.8 Å². The van der Waals surface area contributed by atoms with Gasteiger partial charge in [-0.25, -0.2) is 4.79 Å². The summed E-state index contributed by atoms with van der Waals surface area (Å²) in [5, 5.41) is 4.94. The number of amides is 2. The zero-order valence-corrected chi connectivity index (χ0v) is 11.0. The van der Waals surface area contributed by atoms with Crippen LogP contribution in [0.4, 0.5) is 4.79 Å². The molecule has 0 heterocycles. The number of carbonyl (C=O) groups excluding carboxylic acids is 1. The molecule has 0 saturated carbocycles. The van der Waals surface area contributed by atoms with Crippen LogP contribution in [0.25, 0.3) is 0 Å². The predicted molar refractivity (Wildman–Crippen MR) is 68.2 cm³/mol. The molecular weight excluding hydrogens is 281 g/mol. The molecule has 2 amide bonds. The molecule has 0 fully saturated rings. The van der Waals surface area contributed by atoms with Crippen LogP contribution < -0.4 is 5.73 Å². The van der Waals surface area contributed by atoms with E-state index in [9.17, 15) is 4.79 Å². The van der Waals surface area contributed by atoms with E-state index in [1.165, 1.54) is 7.11 Å². The van der Waals surface area contributed by atoms with E-state index in [0.717, 1.165) is 17.0 Å². The molecule has 0 aliphatic heterocycles. The van der Waals surface area contributed by atoms with Crippen molar-refractivity contribution in [1.82, 2.24) is 5.06 Å². The number of urea groups is 1. The van der Waals surface area contributed by atoms with Gasteiger partial charge in [-0.2, -0.15) is 5.06 Å². The van der Waals surface area contributed by atoms with Gasteiger partial charge >= 0.3 is 6.03 Å². The van der Waals surface area contributed by atoms with Crippen LogP contribution in [0, 0.1) is 0 Å². The highest BCUT2D eigenvalue weighted by Crippen LogP contribution is 2.22. The van der Waals surface area contributed by atoms with Crippen LogP contribution in [0.1, 0.15) is 5.56 Å². The molecule has 2 N–H and O–H groups in total. The minimum atomic E-state index is -0.823. The predicted octanol–water partition coefficient (Wildman–Crippen LogP) is 2.40. The standard InChI is InChI=1S/C10H11Cl2N3O3/c1-17-14-6-15(10(13)16)18-5-7-2-3-8(11)9(12)4-7/h2-4,6H,5H2,1H3,(H2,13,16)/b14-6+. The lowest BCUT2D eigenvalue weighted by molar-refractivity contribution is -0.0684. The lowest BCUT2D eigenvalue weighted by atomic mass is 10.2. The normalized spacial score (nSPS) is 10.6. The van der Waals surface area contributed by atoms with Gasteiger partial charge in [0.2, 0.25) is 0 Å². The van der Waals surface area contributed by atoms with Crippen molar-refractivity contribution in [3.8, 4) is 0 Å². The number of nitrogens with two attached hydrogens (primary N) is 1. The summed E-state index contributed by atoms with van der Waals surface area (Å²) in [6, 6.07) is 4.13. The maximum absolute atomic E-state index is 11.0. The van der Waals surface area contributed by atoms with Crippen molar-refractivity contribution in [2.24, 2.45) is 10.9 Å². The van der Waals surface area contributed by atoms with Gasteiger partial charge in [0.1, 0.15) is 13.7 Å². The number of benzene rings is 1. The maximum atomic E-state index is 11.0. The van der Waals surface area contributed by atoms with E-state index in [-0.39, 0.29) is 6.61 Å². The highest BCUT2D eigenvalue weighted by atomic mass is 35.5. The number of halogens is 2. The van der Waals surface area contributed by atoms with Crippen LogP contribution in [0.3, 0.4) is 0 Å². The second-order valence-corrected chi connectivity index (χ2v) is 3.90. The summed E-state index contributed by atoms with van der Waals surface area (Å²) in [6.07, 6.45) is 1.01. The minimum absolute atomic E-state index is 0.0789. The third-order valence-electron chi connectivity index (χ3n) is 1.83. The van der Waals surface area contributed by atoms with Crippen LogP contribution in [-0.4, -0.2) is 24.5 Å². The zero-order chi connectivity index (χ0) is 13.5. The van der Waals surface area contributed by atoms with E-state index < -0.39 is 6.03 Å². The Morgan fingerprint density at radius 1 is 1.50 bits per heavy atom. The molecule has 0 atom stereocenters. The molecule has 0 unspecified atom stereocenters. The number of hydroxylamine groups is 2. The molecule has 98 valence electrons. The van der Waals surface area contributed by atoms with Gasteiger partial charge < -0.3 is 10.6 Å². The Morgan fingerprint density at radius 2 is 2.22 bits per heavy atom. The average Bonchev–Trinajstić information content (AvgIpc) is 2.33. The van der Waals surface area contributed by atoms with Gasteiger partial charge in [0.25, 0.3) is 0 Å². The number of hydrogen-bond acceptors (Lipinski definition) is 4. The van der Waals surface area contributed by atoms with E-state index in [1.807, 2.05) is 0 Å². The summed E-state index contributed by atoms with van der Waals surface area (Å²) >= 11 is 11.6. The van der Waals surface area contributed by atoms with Crippen molar-refractivity contribution in [2.45, 2.75) is 6.61 Å². The van der Waals surface area contributed by atoms with Gasteiger partial charge in [0.05, 0.1) is 10.0 Å². The lowest BCUT2D eigenvalue weighted by Crippen LogP contribution is -2.34. The van der Waals surface area contributed by atoms with Crippen LogP contribution >= 0.6 is 23.2 Å². The van der Waals surface area contributed by atoms with Crippen molar-refractivity contribution in [3.63, 3.8) is 0 Å². The molecule has 18 heavy (non-hydrogen) atoms. The third-order valence-corrected chi connectivity index (χ3v) is 2.57. The Bertz CT molecular complexity index is 454. The zero-order valence-electron chi connectivity index (χ0n) is 9.47. The van der Waals surface area contributed by atoms with E-state index in [1.54, 1.807) is 18.2 Å². The fraction of sp³-hybridized carbons (Fsp3) is 0.200. The van der Waals surface area contributed by atoms with Crippen molar-refractivity contribution < 1.29 is 14.5 Å². The SMILES string of the molecule is CO/N=C/N(OCc1ccc(Cl)c(Cl)c1)C(N)=O. The van der Waals surface area contributed by atoms with E-state index in [4.69, 9.17) is 33.8 Å². The van der Waals surface area contributed by atoms with Crippen LogP contribution in [0.15, 0.2) is 23.4 Å². The molecule has 1 aromatic carbocycles. The van der Waals surface area contributed by atoms with Crippen LogP contribution in [-0.2, 0) is 16.3 Å². The Labute approximate surface area is 114 Å². The molecular formula is C10H11Cl2N3O3. The summed E-state index contributed by atoms with van der Waals surface area (Å²) in [5.74, 6) is 0. The summed E-state index contributed by atoms with van der Waals surface area (Å²) in [5.41, 5.74) is 5.79. The summed E-state index contributed by atoms with van der Waals surface area (Å²) in [4.78, 5) is 20.5. The van der Waals surface area contributed by atoms with Gasteiger partial charge in [0.15, 0.2) is 6.34 Å². The Kier molecular flexibility index (Phi) is 5.70. The van der Waals surface area contributed by atoms with Crippen molar-refractivity contribution in [1.29, 1.82) is 0 Å². The quantitative estimate of drug-likeness (QED) is 0.514. The smallest absolute Gasteiger partial charge is 0.344 e. The van der Waals surface area contributed by atoms with Crippen molar-refractivity contribution in [2.75, 3.05) is 7.11 Å². The molecule has 0 saturated heterocycles. The molecule has 0 aliphatic carbocycles. The first-order valence-electron chi connectivity index (χ1n) is 4.76. The monoisotopic (exact) mass is 291 g/mol. The van der Waals surface area contributed by atoms with E-state index in [2.05, 4.69) is 9.99 Å². The first-order valence-corrected chi connectivity index (χ1v) is 5.52. The molecule has 0 radical (unpaired) electrons. The second kappa shape index (κ2) is 7.05. The van der Waals surface area contributed by atoms with E-state index >= 15 is 0 Å². The Balaban J connectivity index is 2.64. The first kappa shape index (κ1) is 14.6. The molecule has 0 spiro atoms. The maximum Gasteiger partial charge on any atom is 0.344 e. The fourth-order valence-electron chi connectivity index (χ4n) is 1.02. The number of primary amides is 1. The first-order chi connectivity index (χ1) is 8.54. The third kappa shape index (κ3) is 4.40. The van der Waals surface area contributed by atoms with Crippen LogP contribution in [0.2, 0.25) is 10.0 Å². The average molecular weight is 292 g/mol. The second-order valence-electron chi connectivity index (χ2n) is 3.09. The topological polar surface area (TPSA) is 77.2 Å². The Hall–Kier alpha value is -1.50. The molecule has 1 aromatic rings. The largest absolute Gasteiger partial charge is 0.398 e. The Morgan fingerprint density at radius 3 is 2.78 bits per heavy atom. The van der Waals surface area contributed by atoms with Crippen LogP contribution in [0.5, 0.6) is 0 Å². The van der Waals surface area contributed by atoms with Gasteiger partial charge in [-0.15, -0.1) is 0 Å². The highest BCUT2D eigenvalue weighted by Gasteiger charge is 2.09. The highest BCUT2D eigenvalue weighted by molar-refractivity contribution is 6.42. The summed E-state index contributed by atoms with van der Waals surface area (Å²) in [7, 11) is 1.33. The lowest BCUT2D eigenvalue weighted by Gasteiger charge is -2.13. The minimum Gasteiger partial charge on any atom is -0.398 e. The molecule has 0 aromatic heterocycles. The summed E-state index contributed by atoms with van der Waals surface area (Å²) < 4.78 is 0. The van der Waals surface area contributed by atoms with E-state index in [0.29, 0.717) is 10.0 Å². The number of oxime groups is 1. The molecule has 6 nitrogen and oxygen atoms in total. The fourth-order valence-corrected chi connectivity index (χ4v) is 1.34. The number of nitrogens with zero attached hydrogens (tertiary/aromatic N) is 2. The van der Waals surface area contributed by atoms with Gasteiger partial charge in [-0.05, 0) is 17.7 Å². The molecule has 0 aliphatic rings. The number of carbonyl (C=O) groups is 1. The number of hydrogen-bond donors (Lipinski definition) is 1. The number of rotatable bonds is 5. The van der Waals surface area contributed by atoms with Gasteiger partial charge in [-0.1, -0.05) is 34.4 Å². The molecule has 8 heteroatoms. The van der Waals surface area contributed by atoms with Crippen molar-refractivity contribution >= 4 is 35.6 Å².